The molecule has 102 valence electrons. The molecule has 0 radical (unpaired) electrons. The lowest BCUT2D eigenvalue weighted by atomic mass is 10.3. The fourth-order valence-corrected chi connectivity index (χ4v) is 1.75. The fourth-order valence-electron chi connectivity index (χ4n) is 1.75. The van der Waals surface area contributed by atoms with Crippen molar-refractivity contribution in [2.24, 2.45) is 5.73 Å². The second-order valence-corrected chi connectivity index (χ2v) is 4.08. The number of hydrogen-bond donors (Lipinski definition) is 1. The molecular formula is C12H27N3O2. The summed E-state index contributed by atoms with van der Waals surface area (Å²) in [5, 5.41) is 0. The minimum Gasteiger partial charge on any atom is -0.376 e. The van der Waals surface area contributed by atoms with Crippen LogP contribution in [-0.2, 0) is 9.53 Å². The van der Waals surface area contributed by atoms with Crippen molar-refractivity contribution < 1.29 is 9.53 Å². The molecule has 0 saturated carbocycles. The van der Waals surface area contributed by atoms with E-state index >= 15 is 0 Å². The van der Waals surface area contributed by atoms with Crippen molar-refractivity contribution in [2.75, 3.05) is 46.4 Å². The summed E-state index contributed by atoms with van der Waals surface area (Å²) in [6, 6.07) is 0. The minimum absolute atomic E-state index is 0.00880. The quantitative estimate of drug-likeness (QED) is 0.628. The summed E-state index contributed by atoms with van der Waals surface area (Å²) in [4.78, 5) is 15.6. The van der Waals surface area contributed by atoms with E-state index in [4.69, 9.17) is 10.5 Å². The van der Waals surface area contributed by atoms with Crippen molar-refractivity contribution in [2.45, 2.75) is 26.9 Å². The Morgan fingerprint density at radius 2 is 1.88 bits per heavy atom. The van der Waals surface area contributed by atoms with E-state index < -0.39 is 0 Å². The molecule has 0 aromatic heterocycles. The van der Waals surface area contributed by atoms with Crippen LogP contribution in [0.1, 0.15) is 20.8 Å². The van der Waals surface area contributed by atoms with E-state index in [-0.39, 0.29) is 12.0 Å². The van der Waals surface area contributed by atoms with Crippen molar-refractivity contribution in [1.82, 2.24) is 9.80 Å². The molecule has 0 aromatic rings. The normalized spacial score (nSPS) is 12.8. The van der Waals surface area contributed by atoms with Gasteiger partial charge in [0, 0.05) is 32.8 Å². The molecule has 0 aromatic carbocycles. The third kappa shape index (κ3) is 6.61. The zero-order valence-electron chi connectivity index (χ0n) is 11.6. The molecular weight excluding hydrogens is 218 g/mol. The number of nitrogens with two attached hydrogens (primary N) is 1. The van der Waals surface area contributed by atoms with Crippen LogP contribution in [0.4, 0.5) is 0 Å². The van der Waals surface area contributed by atoms with Gasteiger partial charge in [0.25, 0.3) is 0 Å². The van der Waals surface area contributed by atoms with Gasteiger partial charge in [-0.05, 0) is 27.8 Å². The number of ether oxygens (including phenoxy) is 1. The summed E-state index contributed by atoms with van der Waals surface area (Å²) in [5.41, 5.74) is 5.60. The van der Waals surface area contributed by atoms with Crippen LogP contribution in [0.3, 0.4) is 0 Å². The van der Waals surface area contributed by atoms with Crippen molar-refractivity contribution in [1.29, 1.82) is 0 Å². The predicted octanol–water partition coefficient (Wildman–Crippen LogP) is 0.150. The Labute approximate surface area is 105 Å². The number of hydrogen-bond acceptors (Lipinski definition) is 4. The van der Waals surface area contributed by atoms with E-state index in [0.29, 0.717) is 26.2 Å². The summed E-state index contributed by atoms with van der Waals surface area (Å²) < 4.78 is 5.46. The molecule has 0 spiro atoms. The Kier molecular flexibility index (Phi) is 9.03. The van der Waals surface area contributed by atoms with Gasteiger partial charge < -0.3 is 15.4 Å². The van der Waals surface area contributed by atoms with Crippen LogP contribution in [0.15, 0.2) is 0 Å². The van der Waals surface area contributed by atoms with Crippen LogP contribution in [0.2, 0.25) is 0 Å². The molecule has 5 heteroatoms. The number of carbonyl (C=O) groups is 1. The number of amides is 1. The maximum Gasteiger partial charge on any atom is 0.236 e. The van der Waals surface area contributed by atoms with Crippen LogP contribution in [0.5, 0.6) is 0 Å². The minimum atomic E-state index is 0.00880. The highest BCUT2D eigenvalue weighted by Gasteiger charge is 2.15. The lowest BCUT2D eigenvalue weighted by Crippen LogP contribution is -2.43. The molecule has 1 atom stereocenters. The number of nitrogens with zero attached hydrogens (tertiary/aromatic N) is 2. The van der Waals surface area contributed by atoms with Crippen LogP contribution in [0, 0.1) is 0 Å². The summed E-state index contributed by atoms with van der Waals surface area (Å²) in [6.07, 6.45) is 0.00880. The summed E-state index contributed by atoms with van der Waals surface area (Å²) in [6.45, 7) is 9.70. The first-order valence-corrected chi connectivity index (χ1v) is 6.36. The first kappa shape index (κ1) is 16.4. The highest BCUT2D eigenvalue weighted by molar-refractivity contribution is 5.78. The zero-order chi connectivity index (χ0) is 13.3. The third-order valence-corrected chi connectivity index (χ3v) is 2.70. The van der Waals surface area contributed by atoms with Crippen molar-refractivity contribution in [3.05, 3.63) is 0 Å². The van der Waals surface area contributed by atoms with Crippen LogP contribution in [0.25, 0.3) is 0 Å². The van der Waals surface area contributed by atoms with E-state index in [9.17, 15) is 4.79 Å². The van der Waals surface area contributed by atoms with Gasteiger partial charge in [-0.15, -0.1) is 0 Å². The lowest BCUT2D eigenvalue weighted by molar-refractivity contribution is -0.132. The Bertz CT molecular complexity index is 208. The van der Waals surface area contributed by atoms with E-state index in [0.717, 1.165) is 13.1 Å². The van der Waals surface area contributed by atoms with E-state index in [1.54, 1.807) is 0 Å². The van der Waals surface area contributed by atoms with Gasteiger partial charge in [-0.2, -0.15) is 0 Å². The smallest absolute Gasteiger partial charge is 0.236 e. The van der Waals surface area contributed by atoms with E-state index in [1.165, 1.54) is 0 Å². The molecule has 0 fully saturated rings. The Balaban J connectivity index is 4.06. The molecule has 0 aliphatic heterocycles. The van der Waals surface area contributed by atoms with Crippen molar-refractivity contribution in [3.8, 4) is 0 Å². The van der Waals surface area contributed by atoms with Gasteiger partial charge in [-0.25, -0.2) is 0 Å². The Morgan fingerprint density at radius 1 is 1.29 bits per heavy atom. The first-order chi connectivity index (χ1) is 8.08. The summed E-state index contributed by atoms with van der Waals surface area (Å²) >= 11 is 0. The van der Waals surface area contributed by atoms with Gasteiger partial charge in [0.2, 0.25) is 5.91 Å². The second kappa shape index (κ2) is 9.39. The van der Waals surface area contributed by atoms with E-state index in [1.807, 2.05) is 37.6 Å². The highest BCUT2D eigenvalue weighted by atomic mass is 16.5. The molecule has 5 nitrogen and oxygen atoms in total. The SMILES string of the molecule is CCOC(CN)CN(C)CC(=O)N(CC)CC. The highest BCUT2D eigenvalue weighted by Crippen LogP contribution is 1.96. The molecule has 2 N–H and O–H groups in total. The Morgan fingerprint density at radius 3 is 2.29 bits per heavy atom. The third-order valence-electron chi connectivity index (χ3n) is 2.70. The van der Waals surface area contributed by atoms with Crippen molar-refractivity contribution >= 4 is 5.91 Å². The summed E-state index contributed by atoms with van der Waals surface area (Å²) in [7, 11) is 1.92. The molecule has 0 bridgehead atoms. The van der Waals surface area contributed by atoms with Crippen LogP contribution < -0.4 is 5.73 Å². The maximum absolute atomic E-state index is 11.9. The predicted molar refractivity (Wildman–Crippen MR) is 69.9 cm³/mol. The molecule has 17 heavy (non-hydrogen) atoms. The van der Waals surface area contributed by atoms with Crippen LogP contribution >= 0.6 is 0 Å². The number of carbonyl (C=O) groups excluding carboxylic acids is 1. The maximum atomic E-state index is 11.9. The monoisotopic (exact) mass is 245 g/mol. The van der Waals surface area contributed by atoms with E-state index in [2.05, 4.69) is 0 Å². The molecule has 0 aliphatic rings. The lowest BCUT2D eigenvalue weighted by Gasteiger charge is -2.25. The number of likely N-dealkylation sites (N-methyl/N-ethyl adjacent to an activating group) is 2. The topological polar surface area (TPSA) is 58.8 Å². The first-order valence-electron chi connectivity index (χ1n) is 6.36. The molecule has 0 aliphatic carbocycles. The molecule has 1 amide bonds. The van der Waals surface area contributed by atoms with Gasteiger partial charge in [0.1, 0.15) is 0 Å². The average molecular weight is 245 g/mol. The standard InChI is InChI=1S/C12H27N3O2/c1-5-15(6-2)12(16)10-14(4)9-11(8-13)17-7-3/h11H,5-10,13H2,1-4H3. The largest absolute Gasteiger partial charge is 0.376 e. The Hall–Kier alpha value is -0.650. The van der Waals surface area contributed by atoms with Crippen molar-refractivity contribution in [3.63, 3.8) is 0 Å². The molecule has 0 heterocycles. The van der Waals surface area contributed by atoms with Crippen LogP contribution in [-0.4, -0.2) is 68.2 Å². The molecule has 0 rings (SSSR count). The second-order valence-electron chi connectivity index (χ2n) is 4.08. The van der Waals surface area contributed by atoms with Gasteiger partial charge in [0.05, 0.1) is 12.6 Å². The molecule has 0 saturated heterocycles. The average Bonchev–Trinajstić information content (AvgIpc) is 2.29. The summed E-state index contributed by atoms with van der Waals surface area (Å²) in [5.74, 6) is 0.157. The van der Waals surface area contributed by atoms with Gasteiger partial charge in [0.15, 0.2) is 0 Å². The van der Waals surface area contributed by atoms with Gasteiger partial charge in [-0.1, -0.05) is 0 Å². The fraction of sp³-hybridized carbons (Fsp3) is 0.917. The molecule has 1 unspecified atom stereocenters. The zero-order valence-corrected chi connectivity index (χ0v) is 11.6. The van der Waals surface area contributed by atoms with Gasteiger partial charge in [-0.3, -0.25) is 9.69 Å². The number of rotatable bonds is 9. The van der Waals surface area contributed by atoms with Gasteiger partial charge >= 0.3 is 0 Å².